The summed E-state index contributed by atoms with van der Waals surface area (Å²) in [5.41, 5.74) is 0. The Kier molecular flexibility index (Phi) is 18.2. The van der Waals surface area contributed by atoms with Crippen molar-refractivity contribution < 1.29 is 33.1 Å². The molecule has 0 aromatic carbocycles. The molecule has 0 aliphatic carbocycles. The molecule has 9 heteroatoms. The Hall–Kier alpha value is -0.850. The minimum atomic E-state index is -3.90. The Bertz CT molecular complexity index is 301. The van der Waals surface area contributed by atoms with E-state index in [2.05, 4.69) is 23.4 Å². The monoisotopic (exact) mass is 276 g/mol. The van der Waals surface area contributed by atoms with Gasteiger partial charge in [0.25, 0.3) is 16.1 Å². The van der Waals surface area contributed by atoms with Gasteiger partial charge in [-0.25, -0.2) is 0 Å². The van der Waals surface area contributed by atoms with E-state index in [1.807, 2.05) is 0 Å². The molecule has 0 spiro atoms. The maximum atomic E-state index is 9.42. The summed E-state index contributed by atoms with van der Waals surface area (Å²) in [5, 5.41) is 22.5. The van der Waals surface area contributed by atoms with E-state index in [4.69, 9.17) is 24.7 Å². The van der Waals surface area contributed by atoms with Gasteiger partial charge in [-0.15, -0.1) is 11.6 Å². The molecule has 0 unspecified atom stereocenters. The Morgan fingerprint density at radius 1 is 1.25 bits per heavy atom. The molecule has 0 saturated carbocycles. The van der Waals surface area contributed by atoms with Gasteiger partial charge in [0.05, 0.1) is 0 Å². The van der Waals surface area contributed by atoms with Crippen LogP contribution in [0.2, 0.25) is 0 Å². The molecule has 0 rings (SSSR count). The van der Waals surface area contributed by atoms with Gasteiger partial charge < -0.3 is 15.3 Å². The first-order valence-electron chi connectivity index (χ1n) is 3.59. The number of aliphatic hydroxyl groups excluding tert-OH is 2. The van der Waals surface area contributed by atoms with Crippen LogP contribution in [0.25, 0.3) is 0 Å². The van der Waals surface area contributed by atoms with Gasteiger partial charge >= 0.3 is 0 Å². The van der Waals surface area contributed by atoms with Gasteiger partial charge in [0.2, 0.25) is 0 Å². The van der Waals surface area contributed by atoms with Crippen molar-refractivity contribution in [3.05, 3.63) is 0 Å². The van der Waals surface area contributed by atoms with Crippen molar-refractivity contribution in [2.75, 3.05) is 18.4 Å². The molecule has 0 heterocycles. The van der Waals surface area contributed by atoms with Crippen LogP contribution in [0.3, 0.4) is 0 Å². The summed E-state index contributed by atoms with van der Waals surface area (Å²) in [6, 6.07) is 0. The van der Waals surface area contributed by atoms with E-state index in [1.165, 1.54) is 0 Å². The minimum Gasteiger partial charge on any atom is -0.481 e. The van der Waals surface area contributed by atoms with E-state index in [0.29, 0.717) is 0 Å². The highest BCUT2D eigenvalue weighted by Gasteiger charge is 1.95. The predicted octanol–water partition coefficient (Wildman–Crippen LogP) is -0.864. The van der Waals surface area contributed by atoms with Crippen LogP contribution < -0.4 is 0 Å². The molecule has 0 atom stereocenters. The molecule has 0 aromatic heterocycles. The zero-order valence-electron chi connectivity index (χ0n) is 8.42. The van der Waals surface area contributed by atoms with Crippen LogP contribution in [0.4, 0.5) is 0 Å². The van der Waals surface area contributed by atoms with Crippen LogP contribution in [0.1, 0.15) is 6.92 Å². The van der Waals surface area contributed by atoms with E-state index in [-0.39, 0.29) is 13.2 Å². The van der Waals surface area contributed by atoms with Gasteiger partial charge in [-0.1, -0.05) is 11.8 Å². The molecule has 0 fully saturated rings. The minimum absolute atomic E-state index is 0.166. The molecule has 0 amide bonds. The van der Waals surface area contributed by atoms with E-state index >= 15 is 0 Å². The SMILES string of the molecule is CC(=O)O.O=S(=O)(O)CCl.OCC#CCO. The first-order valence-corrected chi connectivity index (χ1v) is 5.73. The van der Waals surface area contributed by atoms with Crippen LogP contribution in [0.5, 0.6) is 0 Å². The molecule has 96 valence electrons. The Morgan fingerprint density at radius 2 is 1.44 bits per heavy atom. The first-order chi connectivity index (χ1) is 7.21. The van der Waals surface area contributed by atoms with Crippen LogP contribution in [0, 0.1) is 11.8 Å². The largest absolute Gasteiger partial charge is 0.481 e. The van der Waals surface area contributed by atoms with Crippen molar-refractivity contribution in [1.29, 1.82) is 0 Å². The van der Waals surface area contributed by atoms with Gasteiger partial charge in [0.15, 0.2) is 0 Å². The number of carbonyl (C=O) groups is 1. The fourth-order valence-electron chi connectivity index (χ4n) is 0.112. The first kappa shape index (κ1) is 20.5. The third-order valence-electron chi connectivity index (χ3n) is 0.421. The van der Waals surface area contributed by atoms with Crippen molar-refractivity contribution in [2.45, 2.75) is 6.92 Å². The number of alkyl halides is 1. The summed E-state index contributed by atoms with van der Waals surface area (Å²) in [7, 11) is -3.90. The molecule has 7 nitrogen and oxygen atoms in total. The summed E-state index contributed by atoms with van der Waals surface area (Å²) >= 11 is 4.64. The lowest BCUT2D eigenvalue weighted by atomic mass is 10.6. The van der Waals surface area contributed by atoms with Crippen molar-refractivity contribution in [1.82, 2.24) is 0 Å². The molecule has 0 aliphatic rings. The Morgan fingerprint density at radius 3 is 1.50 bits per heavy atom. The number of aliphatic hydroxyl groups is 2. The van der Waals surface area contributed by atoms with Gasteiger partial charge in [0, 0.05) is 6.92 Å². The van der Waals surface area contributed by atoms with Gasteiger partial charge in [-0.05, 0) is 0 Å². The van der Waals surface area contributed by atoms with Gasteiger partial charge in [-0.3, -0.25) is 9.35 Å². The van der Waals surface area contributed by atoms with Crippen molar-refractivity contribution in [3.8, 4) is 11.8 Å². The lowest BCUT2D eigenvalue weighted by molar-refractivity contribution is -0.134. The second-order valence-corrected chi connectivity index (χ2v) is 3.92. The highest BCUT2D eigenvalue weighted by atomic mass is 35.5. The lowest BCUT2D eigenvalue weighted by Crippen LogP contribution is -1.95. The van der Waals surface area contributed by atoms with E-state index in [9.17, 15) is 8.42 Å². The third-order valence-corrected chi connectivity index (χ3v) is 1.52. The second kappa shape index (κ2) is 14.2. The highest BCUT2D eigenvalue weighted by Crippen LogP contribution is 1.82. The Labute approximate surface area is 98.4 Å². The maximum absolute atomic E-state index is 9.42. The number of carboxylic acid groups (broad SMARTS) is 1. The fraction of sp³-hybridized carbons (Fsp3) is 0.571. The van der Waals surface area contributed by atoms with Crippen LogP contribution in [0.15, 0.2) is 0 Å². The molecular weight excluding hydrogens is 264 g/mol. The van der Waals surface area contributed by atoms with Crippen molar-refractivity contribution >= 4 is 27.7 Å². The molecule has 0 aliphatic heterocycles. The van der Waals surface area contributed by atoms with Crippen molar-refractivity contribution in [3.63, 3.8) is 0 Å². The number of aliphatic carboxylic acids is 1. The zero-order valence-corrected chi connectivity index (χ0v) is 9.99. The van der Waals surface area contributed by atoms with Crippen LogP contribution in [-0.2, 0) is 14.9 Å². The quantitative estimate of drug-likeness (QED) is 0.278. The topological polar surface area (TPSA) is 132 Å². The highest BCUT2D eigenvalue weighted by molar-refractivity contribution is 7.87. The fourth-order valence-corrected chi connectivity index (χ4v) is 0.112. The maximum Gasteiger partial charge on any atom is 0.300 e. The summed E-state index contributed by atoms with van der Waals surface area (Å²) < 4.78 is 26.5. The predicted molar refractivity (Wildman–Crippen MR) is 57.5 cm³/mol. The average molecular weight is 277 g/mol. The lowest BCUT2D eigenvalue weighted by Gasteiger charge is -1.78. The standard InChI is InChI=1S/C4H6O2.C2H4O2.CH3ClO3S/c5-3-1-2-4-6;1-2(3)4;2-1-6(3,4)5/h5-6H,3-4H2;1H3,(H,3,4);1H2,(H,3,4,5). The number of carboxylic acids is 1. The number of hydrogen-bond acceptors (Lipinski definition) is 5. The molecule has 0 aromatic rings. The smallest absolute Gasteiger partial charge is 0.300 e. The molecule has 0 radical (unpaired) electrons. The third kappa shape index (κ3) is 73.2. The summed E-state index contributed by atoms with van der Waals surface area (Å²) in [5.74, 6) is 3.67. The Balaban J connectivity index is -0.000000162. The van der Waals surface area contributed by atoms with E-state index < -0.39 is 21.3 Å². The van der Waals surface area contributed by atoms with E-state index in [1.54, 1.807) is 0 Å². The van der Waals surface area contributed by atoms with Crippen molar-refractivity contribution in [2.24, 2.45) is 0 Å². The average Bonchev–Trinajstić information content (AvgIpc) is 2.14. The normalized spacial score (nSPS) is 8.31. The zero-order chi connectivity index (χ0) is 13.6. The van der Waals surface area contributed by atoms with E-state index in [0.717, 1.165) is 6.92 Å². The van der Waals surface area contributed by atoms with Crippen LogP contribution in [-0.4, -0.2) is 52.7 Å². The molecule has 4 N–H and O–H groups in total. The molecule has 16 heavy (non-hydrogen) atoms. The summed E-state index contributed by atoms with van der Waals surface area (Å²) in [4.78, 5) is 9.00. The molecule has 0 saturated heterocycles. The van der Waals surface area contributed by atoms with Gasteiger partial charge in [-0.2, -0.15) is 8.42 Å². The van der Waals surface area contributed by atoms with Gasteiger partial charge in [0.1, 0.15) is 18.4 Å². The molecular formula is C7H13ClO7S. The second-order valence-electron chi connectivity index (χ2n) is 1.88. The van der Waals surface area contributed by atoms with Crippen LogP contribution >= 0.6 is 11.6 Å². The molecule has 0 bridgehead atoms. The number of halogens is 1. The number of rotatable bonds is 1. The number of hydrogen-bond donors (Lipinski definition) is 4. The summed E-state index contributed by atoms with van der Waals surface area (Å²) in [6.45, 7) is 0.751. The summed E-state index contributed by atoms with van der Waals surface area (Å²) in [6.07, 6.45) is 0.